The molecule has 1 heterocycles. The van der Waals surface area contributed by atoms with Gasteiger partial charge in [0, 0.05) is 24.2 Å². The van der Waals surface area contributed by atoms with Crippen LogP contribution in [0, 0.1) is 0 Å². The van der Waals surface area contributed by atoms with E-state index >= 15 is 0 Å². The van der Waals surface area contributed by atoms with E-state index in [1.807, 2.05) is 60.9 Å². The number of ether oxygens (including phenoxy) is 1. The van der Waals surface area contributed by atoms with Gasteiger partial charge in [0.1, 0.15) is 0 Å². The van der Waals surface area contributed by atoms with Crippen LogP contribution in [0.4, 0.5) is 0 Å². The lowest BCUT2D eigenvalue weighted by Crippen LogP contribution is -2.12. The number of aromatic nitrogens is 2. The van der Waals surface area contributed by atoms with Crippen LogP contribution in [-0.2, 0) is 28.9 Å². The van der Waals surface area contributed by atoms with Gasteiger partial charge in [-0.15, -0.1) is 0 Å². The van der Waals surface area contributed by atoms with Gasteiger partial charge in [-0.25, -0.2) is 4.98 Å². The lowest BCUT2D eigenvalue weighted by Gasteiger charge is -2.13. The maximum absolute atomic E-state index is 11.5. The standard InChI is InChI=1S/C22H24N2O3/c1-16(25)11-20-22(19-9-4-3-5-10-19)23-15-24(20)14-18-8-6-7-17(12-18)13-21(26)27-2/h3-10,12,15-16,25H,11,13-14H2,1-2H3. The second-order valence-corrected chi connectivity index (χ2v) is 6.66. The van der Waals surface area contributed by atoms with Crippen LogP contribution in [0.25, 0.3) is 11.3 Å². The van der Waals surface area contributed by atoms with Gasteiger partial charge in [0.05, 0.1) is 31.7 Å². The molecule has 0 aliphatic heterocycles. The van der Waals surface area contributed by atoms with E-state index in [1.54, 1.807) is 6.92 Å². The Labute approximate surface area is 159 Å². The molecule has 5 nitrogen and oxygen atoms in total. The third kappa shape index (κ3) is 4.83. The molecule has 0 aliphatic carbocycles. The van der Waals surface area contributed by atoms with Crippen LogP contribution in [0.2, 0.25) is 0 Å². The van der Waals surface area contributed by atoms with Crippen molar-refractivity contribution in [2.45, 2.75) is 32.4 Å². The van der Waals surface area contributed by atoms with E-state index in [9.17, 15) is 9.90 Å². The fourth-order valence-electron chi connectivity index (χ4n) is 3.15. The van der Waals surface area contributed by atoms with Crippen molar-refractivity contribution in [2.75, 3.05) is 7.11 Å². The predicted octanol–water partition coefficient (Wildman–Crippen LogP) is 3.24. The van der Waals surface area contributed by atoms with Crippen molar-refractivity contribution in [1.82, 2.24) is 9.55 Å². The number of benzene rings is 2. The number of carbonyl (C=O) groups excluding carboxylic acids is 1. The van der Waals surface area contributed by atoms with E-state index < -0.39 is 6.10 Å². The van der Waals surface area contributed by atoms with Crippen LogP contribution in [0.3, 0.4) is 0 Å². The summed E-state index contributed by atoms with van der Waals surface area (Å²) in [6.07, 6.45) is 2.12. The molecule has 1 aromatic heterocycles. The maximum Gasteiger partial charge on any atom is 0.309 e. The first-order valence-corrected chi connectivity index (χ1v) is 8.99. The van der Waals surface area contributed by atoms with Gasteiger partial charge >= 0.3 is 5.97 Å². The Kier molecular flexibility index (Phi) is 6.04. The fourth-order valence-corrected chi connectivity index (χ4v) is 3.15. The highest BCUT2D eigenvalue weighted by Crippen LogP contribution is 2.24. The van der Waals surface area contributed by atoms with Gasteiger partial charge in [-0.2, -0.15) is 0 Å². The minimum Gasteiger partial charge on any atom is -0.469 e. The van der Waals surface area contributed by atoms with Crippen molar-refractivity contribution >= 4 is 5.97 Å². The third-order valence-corrected chi connectivity index (χ3v) is 4.40. The Hall–Kier alpha value is -2.92. The molecule has 3 rings (SSSR count). The fraction of sp³-hybridized carbons (Fsp3) is 0.273. The molecule has 5 heteroatoms. The summed E-state index contributed by atoms with van der Waals surface area (Å²) < 4.78 is 6.81. The van der Waals surface area contributed by atoms with E-state index in [1.165, 1.54) is 7.11 Å². The summed E-state index contributed by atoms with van der Waals surface area (Å²) in [6, 6.07) is 17.9. The second-order valence-electron chi connectivity index (χ2n) is 6.66. The lowest BCUT2D eigenvalue weighted by atomic mass is 10.1. The molecule has 1 atom stereocenters. The topological polar surface area (TPSA) is 64.4 Å². The Balaban J connectivity index is 1.90. The quantitative estimate of drug-likeness (QED) is 0.654. The minimum absolute atomic E-state index is 0.254. The van der Waals surface area contributed by atoms with E-state index in [4.69, 9.17) is 4.74 Å². The second kappa shape index (κ2) is 8.64. The monoisotopic (exact) mass is 364 g/mol. The summed E-state index contributed by atoms with van der Waals surface area (Å²) >= 11 is 0. The number of methoxy groups -OCH3 is 1. The van der Waals surface area contributed by atoms with Crippen molar-refractivity contribution in [3.63, 3.8) is 0 Å². The molecule has 2 aromatic carbocycles. The van der Waals surface area contributed by atoms with E-state index in [2.05, 4.69) is 9.55 Å². The summed E-state index contributed by atoms with van der Waals surface area (Å²) in [5.41, 5.74) is 4.91. The zero-order valence-electron chi connectivity index (χ0n) is 15.6. The normalized spacial score (nSPS) is 12.0. The summed E-state index contributed by atoms with van der Waals surface area (Å²) in [4.78, 5) is 16.1. The van der Waals surface area contributed by atoms with Crippen molar-refractivity contribution in [1.29, 1.82) is 0 Å². The number of imidazole rings is 1. The molecule has 0 radical (unpaired) electrons. The molecule has 140 valence electrons. The largest absolute Gasteiger partial charge is 0.469 e. The zero-order chi connectivity index (χ0) is 19.2. The Morgan fingerprint density at radius 2 is 1.89 bits per heavy atom. The number of esters is 1. The average Bonchev–Trinajstić information content (AvgIpc) is 3.04. The third-order valence-electron chi connectivity index (χ3n) is 4.40. The van der Waals surface area contributed by atoms with Crippen LogP contribution in [0.1, 0.15) is 23.7 Å². The van der Waals surface area contributed by atoms with Gasteiger partial charge in [-0.3, -0.25) is 4.79 Å². The number of aliphatic hydroxyl groups excluding tert-OH is 1. The Morgan fingerprint density at radius 3 is 2.59 bits per heavy atom. The highest BCUT2D eigenvalue weighted by Gasteiger charge is 2.15. The number of hydrogen-bond acceptors (Lipinski definition) is 4. The number of nitrogens with zero attached hydrogens (tertiary/aromatic N) is 2. The number of hydrogen-bond donors (Lipinski definition) is 1. The van der Waals surface area contributed by atoms with Crippen molar-refractivity contribution in [2.24, 2.45) is 0 Å². The molecule has 0 fully saturated rings. The highest BCUT2D eigenvalue weighted by atomic mass is 16.5. The summed E-state index contributed by atoms with van der Waals surface area (Å²) in [7, 11) is 1.39. The van der Waals surface area contributed by atoms with E-state index in [-0.39, 0.29) is 12.4 Å². The van der Waals surface area contributed by atoms with Crippen molar-refractivity contribution in [3.8, 4) is 11.3 Å². The molecule has 0 saturated heterocycles. The Bertz CT molecular complexity index is 901. The van der Waals surface area contributed by atoms with E-state index in [0.717, 1.165) is 28.1 Å². The zero-order valence-corrected chi connectivity index (χ0v) is 15.6. The molecule has 0 saturated carbocycles. The van der Waals surface area contributed by atoms with Crippen LogP contribution < -0.4 is 0 Å². The summed E-state index contributed by atoms with van der Waals surface area (Å²) in [6.45, 7) is 2.40. The van der Waals surface area contributed by atoms with Crippen molar-refractivity contribution < 1.29 is 14.6 Å². The predicted molar refractivity (Wildman–Crippen MR) is 104 cm³/mol. The number of carbonyl (C=O) groups is 1. The number of aliphatic hydroxyl groups is 1. The first-order chi connectivity index (χ1) is 13.1. The van der Waals surface area contributed by atoms with Gasteiger partial charge < -0.3 is 14.4 Å². The van der Waals surface area contributed by atoms with Crippen LogP contribution in [0.15, 0.2) is 60.9 Å². The highest BCUT2D eigenvalue weighted by molar-refractivity contribution is 5.72. The van der Waals surface area contributed by atoms with E-state index in [0.29, 0.717) is 13.0 Å². The molecular formula is C22H24N2O3. The molecule has 0 aliphatic rings. The summed E-state index contributed by atoms with van der Waals surface area (Å²) in [5, 5.41) is 9.96. The molecular weight excluding hydrogens is 340 g/mol. The molecule has 3 aromatic rings. The lowest BCUT2D eigenvalue weighted by molar-refractivity contribution is -0.139. The smallest absolute Gasteiger partial charge is 0.309 e. The molecule has 0 bridgehead atoms. The van der Waals surface area contributed by atoms with Crippen LogP contribution in [-0.4, -0.2) is 33.8 Å². The SMILES string of the molecule is COC(=O)Cc1cccc(Cn2cnc(-c3ccccc3)c2CC(C)O)c1. The Morgan fingerprint density at radius 1 is 1.15 bits per heavy atom. The number of rotatable bonds is 7. The molecule has 1 N–H and O–H groups in total. The van der Waals surface area contributed by atoms with Gasteiger partial charge in [-0.1, -0.05) is 54.6 Å². The van der Waals surface area contributed by atoms with Gasteiger partial charge in [0.2, 0.25) is 0 Å². The first kappa shape index (κ1) is 18.9. The summed E-state index contributed by atoms with van der Waals surface area (Å²) in [5.74, 6) is -0.254. The minimum atomic E-state index is -0.464. The molecule has 0 amide bonds. The van der Waals surface area contributed by atoms with Crippen LogP contribution in [0.5, 0.6) is 0 Å². The first-order valence-electron chi connectivity index (χ1n) is 8.99. The molecule has 0 spiro atoms. The average molecular weight is 364 g/mol. The maximum atomic E-state index is 11.5. The van der Waals surface area contributed by atoms with Gasteiger partial charge in [0.25, 0.3) is 0 Å². The molecule has 27 heavy (non-hydrogen) atoms. The van der Waals surface area contributed by atoms with Gasteiger partial charge in [0.15, 0.2) is 0 Å². The van der Waals surface area contributed by atoms with Gasteiger partial charge in [-0.05, 0) is 18.1 Å². The van der Waals surface area contributed by atoms with Crippen molar-refractivity contribution in [3.05, 3.63) is 77.7 Å². The molecule has 1 unspecified atom stereocenters. The van der Waals surface area contributed by atoms with Crippen LogP contribution >= 0.6 is 0 Å².